The number of nitrogens with one attached hydrogen (secondary N) is 1. The number of aliphatic hydroxyl groups is 2. The number of rotatable bonds is 30. The van der Waals surface area contributed by atoms with Crippen LogP contribution >= 0.6 is 7.82 Å². The average molecular weight is 832 g/mol. The van der Waals surface area contributed by atoms with Gasteiger partial charge in [0.2, 0.25) is 0 Å². The second kappa shape index (κ2) is 24.8. The summed E-state index contributed by atoms with van der Waals surface area (Å²) < 4.78 is 57.1. The number of aliphatic hydroxyl groups excluding tert-OH is 2. The van der Waals surface area contributed by atoms with Crippen molar-refractivity contribution in [1.29, 1.82) is 10.7 Å². The monoisotopic (exact) mass is 831 g/mol. The molecule has 0 spiro atoms. The Morgan fingerprint density at radius 1 is 0.983 bits per heavy atom. The molecule has 1 fully saturated rings. The lowest BCUT2D eigenvalue weighted by molar-refractivity contribution is -0.0630. The van der Waals surface area contributed by atoms with Gasteiger partial charge in [0, 0.05) is 18.4 Å². The number of nitriles is 1. The summed E-state index contributed by atoms with van der Waals surface area (Å²) in [5.41, 5.74) is 0.0226. The number of hydrogen-bond acceptors (Lipinski definition) is 12. The predicted molar refractivity (Wildman–Crippen MR) is 217 cm³/mol. The predicted octanol–water partition coefficient (Wildman–Crippen LogP) is 8.01. The van der Waals surface area contributed by atoms with E-state index in [0.29, 0.717) is 17.8 Å². The highest BCUT2D eigenvalue weighted by Crippen LogP contribution is 2.46. The zero-order valence-electron chi connectivity index (χ0n) is 34.1. The van der Waals surface area contributed by atoms with Gasteiger partial charge in [0.05, 0.1) is 55.0 Å². The molecule has 58 heavy (non-hydrogen) atoms. The highest BCUT2D eigenvalue weighted by molar-refractivity contribution is 7.47. The first-order valence-electron chi connectivity index (χ1n) is 20.9. The van der Waals surface area contributed by atoms with Gasteiger partial charge in [-0.05, 0) is 43.7 Å². The van der Waals surface area contributed by atoms with Gasteiger partial charge < -0.3 is 34.7 Å². The molecule has 0 amide bonds. The summed E-state index contributed by atoms with van der Waals surface area (Å²) in [5, 5.41) is 43.5. The molecule has 6 atom stereocenters. The van der Waals surface area contributed by atoms with Gasteiger partial charge in [-0.1, -0.05) is 103 Å². The zero-order chi connectivity index (χ0) is 41.8. The molecule has 4 N–H and O–H groups in total. The van der Waals surface area contributed by atoms with Crippen LogP contribution in [0.2, 0.25) is 0 Å². The first kappa shape index (κ1) is 47.5. The highest BCUT2D eigenvalue weighted by Gasteiger charge is 2.56. The largest absolute Gasteiger partial charge is 0.472 e. The molecule has 3 aromatic rings. The lowest BCUT2D eigenvalue weighted by Gasteiger charge is -2.27. The number of fused-ring (bicyclic) bond motifs is 1. The average Bonchev–Trinajstić information content (AvgIpc) is 3.77. The van der Waals surface area contributed by atoms with Crippen LogP contribution in [-0.2, 0) is 40.0 Å². The minimum absolute atomic E-state index is 0.0227. The number of hydrogen-bond donors (Lipinski definition) is 4. The number of benzene rings is 1. The molecule has 1 unspecified atom stereocenters. The maximum absolute atomic E-state index is 14.5. The number of phosphoric ester groups is 1. The molecule has 0 radical (unpaired) electrons. The summed E-state index contributed by atoms with van der Waals surface area (Å²) in [6, 6.07) is 9.13. The Bertz CT molecular complexity index is 1780. The molecular formula is C42H63FN5O9P. The molecule has 1 saturated heterocycles. The molecule has 1 aliphatic heterocycles. The lowest BCUT2D eigenvalue weighted by atomic mass is 9.92. The zero-order valence-corrected chi connectivity index (χ0v) is 35.0. The van der Waals surface area contributed by atoms with Gasteiger partial charge in [0.25, 0.3) is 0 Å². The third-order valence-electron chi connectivity index (χ3n) is 10.7. The van der Waals surface area contributed by atoms with Gasteiger partial charge in [-0.15, -0.1) is 0 Å². The molecule has 16 heteroatoms. The van der Waals surface area contributed by atoms with Gasteiger partial charge >= 0.3 is 7.82 Å². The van der Waals surface area contributed by atoms with Crippen LogP contribution in [-0.4, -0.2) is 86.8 Å². The van der Waals surface area contributed by atoms with Crippen LogP contribution < -0.4 is 0 Å². The maximum atomic E-state index is 14.5. The Morgan fingerprint density at radius 3 is 2.24 bits per heavy atom. The van der Waals surface area contributed by atoms with Crippen molar-refractivity contribution in [3.8, 4) is 6.07 Å². The summed E-state index contributed by atoms with van der Waals surface area (Å²) in [6.07, 6.45) is 16.7. The quantitative estimate of drug-likeness (QED) is 0.0287. The van der Waals surface area contributed by atoms with Crippen LogP contribution in [0, 0.1) is 29.5 Å². The lowest BCUT2D eigenvalue weighted by Crippen LogP contribution is -2.43. The highest BCUT2D eigenvalue weighted by atomic mass is 31.2. The maximum Gasteiger partial charge on any atom is 0.472 e. The van der Waals surface area contributed by atoms with E-state index in [1.54, 1.807) is 19.1 Å². The Labute approximate surface area is 342 Å². The van der Waals surface area contributed by atoms with Crippen molar-refractivity contribution < 1.29 is 47.3 Å². The van der Waals surface area contributed by atoms with Crippen molar-refractivity contribution in [3.63, 3.8) is 0 Å². The van der Waals surface area contributed by atoms with Gasteiger partial charge in [-0.3, -0.25) is 9.05 Å². The summed E-state index contributed by atoms with van der Waals surface area (Å²) in [5.74, 6) is -0.571. The third kappa shape index (κ3) is 14.2. The first-order chi connectivity index (χ1) is 28.0. The number of unbranched alkanes of at least 4 members (excludes halogenated alkanes) is 15. The first-order valence-corrected chi connectivity index (χ1v) is 22.4. The SMILES string of the molecule is CCCCCCCCCCCCCCCCCCOC[C@H](COP(=O)(O)OC[C@H]1O[C@@](C=N)(c2ccc3c(C)ncnn23)[C@H](O)[C@@H]1O)OCc1cc(C#N)ccc1F. The van der Waals surface area contributed by atoms with E-state index >= 15 is 0 Å². The molecular weight excluding hydrogens is 768 g/mol. The van der Waals surface area contributed by atoms with Crippen LogP contribution in [0.5, 0.6) is 0 Å². The smallest absolute Gasteiger partial charge is 0.387 e. The van der Waals surface area contributed by atoms with E-state index in [1.807, 2.05) is 6.07 Å². The van der Waals surface area contributed by atoms with Gasteiger partial charge in [0.15, 0.2) is 5.60 Å². The second-order valence-electron chi connectivity index (χ2n) is 15.2. The van der Waals surface area contributed by atoms with E-state index in [-0.39, 0.29) is 30.0 Å². The Morgan fingerprint density at radius 2 is 1.62 bits per heavy atom. The van der Waals surface area contributed by atoms with Crippen molar-refractivity contribution in [2.24, 2.45) is 0 Å². The van der Waals surface area contributed by atoms with E-state index in [9.17, 15) is 29.3 Å². The van der Waals surface area contributed by atoms with E-state index in [2.05, 4.69) is 17.0 Å². The number of aryl methyl sites for hydroxylation is 1. The molecule has 0 bridgehead atoms. The molecule has 0 aliphatic carbocycles. The molecule has 0 saturated carbocycles. The van der Waals surface area contributed by atoms with Crippen molar-refractivity contribution >= 4 is 19.6 Å². The molecule has 14 nitrogen and oxygen atoms in total. The van der Waals surface area contributed by atoms with Crippen molar-refractivity contribution in [2.45, 2.75) is 153 Å². The van der Waals surface area contributed by atoms with Crippen LogP contribution in [0.4, 0.5) is 4.39 Å². The summed E-state index contributed by atoms with van der Waals surface area (Å²) in [7, 11) is -4.81. The van der Waals surface area contributed by atoms with E-state index in [0.717, 1.165) is 25.5 Å². The summed E-state index contributed by atoms with van der Waals surface area (Å²) in [4.78, 5) is 14.7. The fraction of sp³-hybridized carbons (Fsp3) is 0.667. The van der Waals surface area contributed by atoms with Gasteiger partial charge in [-0.25, -0.2) is 18.5 Å². The Hall–Kier alpha value is -3.16. The minimum Gasteiger partial charge on any atom is -0.387 e. The van der Waals surface area contributed by atoms with Crippen LogP contribution in [0.3, 0.4) is 0 Å². The standard InChI is InChI=1S/C42H63FN5O9P/c1-3-4-5-6-7-8-9-10-11-12-13-14-15-16-17-18-23-53-27-35(54-26-34-24-33(25-44)19-20-36(34)43)28-55-58(51,52)56-29-38-40(49)41(50)42(30-45,57-38)39-22-21-37-32(2)46-31-47-48(37)39/h19-22,24,30-31,35,38,40-41,45,49-50H,3-18,23,26-29H2,1-2H3,(H,51,52)/t35-,38-,40-,41-,42+/m1/s1. The van der Waals surface area contributed by atoms with E-state index < -0.39 is 56.9 Å². The number of phosphoric acid groups is 1. The molecule has 322 valence electrons. The fourth-order valence-corrected chi connectivity index (χ4v) is 7.96. The minimum atomic E-state index is -4.81. The van der Waals surface area contributed by atoms with Crippen molar-refractivity contribution in [1.82, 2.24) is 14.6 Å². The van der Waals surface area contributed by atoms with Crippen LogP contribution in [0.1, 0.15) is 132 Å². The summed E-state index contributed by atoms with van der Waals surface area (Å²) >= 11 is 0. The van der Waals surface area contributed by atoms with E-state index in [1.165, 1.54) is 113 Å². The normalized spacial score (nSPS) is 20.9. The molecule has 3 heterocycles. The Kier molecular flexibility index (Phi) is 20.3. The molecule has 1 aromatic carbocycles. The molecule has 2 aromatic heterocycles. The number of aromatic nitrogens is 3. The summed E-state index contributed by atoms with van der Waals surface area (Å²) in [6.45, 7) is 3.03. The van der Waals surface area contributed by atoms with Crippen LogP contribution in [0.25, 0.3) is 5.52 Å². The number of halogens is 1. The Balaban J connectivity index is 1.20. The number of nitrogens with zero attached hydrogens (tertiary/aromatic N) is 4. The number of ether oxygens (including phenoxy) is 3. The fourth-order valence-electron chi connectivity index (χ4n) is 7.19. The van der Waals surface area contributed by atoms with Gasteiger partial charge in [-0.2, -0.15) is 10.4 Å². The van der Waals surface area contributed by atoms with E-state index in [4.69, 9.17) is 28.7 Å². The second-order valence-corrected chi connectivity index (χ2v) is 16.6. The third-order valence-corrected chi connectivity index (χ3v) is 11.6. The van der Waals surface area contributed by atoms with Crippen LogP contribution in [0.15, 0.2) is 36.7 Å². The molecule has 1 aliphatic rings. The van der Waals surface area contributed by atoms with Crippen molar-refractivity contribution in [3.05, 3.63) is 65.0 Å². The van der Waals surface area contributed by atoms with Crippen molar-refractivity contribution in [2.75, 3.05) is 26.4 Å². The topological polar surface area (TPSA) is 202 Å². The van der Waals surface area contributed by atoms with Gasteiger partial charge in [0.1, 0.15) is 36.6 Å². The molecule has 4 rings (SSSR count).